The van der Waals surface area contributed by atoms with Gasteiger partial charge in [0.05, 0.1) is 16.0 Å². The molecule has 1 aromatic heterocycles. The van der Waals surface area contributed by atoms with Crippen LogP contribution in [0.1, 0.15) is 24.7 Å². The van der Waals surface area contributed by atoms with Gasteiger partial charge in [0.15, 0.2) is 5.16 Å². The Kier molecular flexibility index (Phi) is 6.27. The number of rotatable bonds is 5. The molecule has 0 aliphatic carbocycles. The van der Waals surface area contributed by atoms with Crippen LogP contribution in [0.3, 0.4) is 0 Å². The first-order chi connectivity index (χ1) is 10.9. The zero-order chi connectivity index (χ0) is 17.0. The predicted octanol–water partition coefficient (Wildman–Crippen LogP) is 4.91. The lowest BCUT2D eigenvalue weighted by Crippen LogP contribution is -2.25. The van der Waals surface area contributed by atoms with E-state index in [2.05, 4.69) is 15.3 Å². The van der Waals surface area contributed by atoms with E-state index in [9.17, 15) is 4.79 Å². The van der Waals surface area contributed by atoms with Gasteiger partial charge < -0.3 is 5.32 Å². The molecule has 2 rings (SSSR count). The first-order valence-electron chi connectivity index (χ1n) is 7.14. The molecule has 7 heteroatoms. The van der Waals surface area contributed by atoms with E-state index in [4.69, 9.17) is 23.2 Å². The Balaban J connectivity index is 2.12. The van der Waals surface area contributed by atoms with Crippen molar-refractivity contribution in [3.8, 4) is 0 Å². The van der Waals surface area contributed by atoms with Crippen LogP contribution in [0.4, 0.5) is 5.69 Å². The highest BCUT2D eigenvalue weighted by atomic mass is 35.5. The Morgan fingerprint density at radius 1 is 1.22 bits per heavy atom. The summed E-state index contributed by atoms with van der Waals surface area (Å²) in [6.07, 6.45) is 0.651. The first-order valence-corrected chi connectivity index (χ1v) is 8.77. The maximum absolute atomic E-state index is 12.5. The Morgan fingerprint density at radius 2 is 1.87 bits per heavy atom. The van der Waals surface area contributed by atoms with E-state index in [0.29, 0.717) is 27.3 Å². The normalized spacial score (nSPS) is 12.0. The number of thioether (sulfide) groups is 1. The lowest BCUT2D eigenvalue weighted by molar-refractivity contribution is -0.115. The number of amides is 1. The molecule has 0 saturated carbocycles. The Bertz CT molecular complexity index is 704. The van der Waals surface area contributed by atoms with Gasteiger partial charge >= 0.3 is 0 Å². The average Bonchev–Trinajstić information content (AvgIpc) is 2.46. The zero-order valence-electron chi connectivity index (χ0n) is 13.1. The van der Waals surface area contributed by atoms with Crippen LogP contribution >= 0.6 is 35.0 Å². The van der Waals surface area contributed by atoms with Crippen molar-refractivity contribution in [1.29, 1.82) is 0 Å². The van der Waals surface area contributed by atoms with Crippen LogP contribution in [0, 0.1) is 13.8 Å². The van der Waals surface area contributed by atoms with Crippen molar-refractivity contribution in [3.63, 3.8) is 0 Å². The summed E-state index contributed by atoms with van der Waals surface area (Å²) in [7, 11) is 0. The van der Waals surface area contributed by atoms with Crippen molar-refractivity contribution in [2.24, 2.45) is 0 Å². The maximum atomic E-state index is 12.5. The minimum absolute atomic E-state index is 0.135. The van der Waals surface area contributed by atoms with Crippen molar-refractivity contribution in [2.75, 3.05) is 5.32 Å². The minimum Gasteiger partial charge on any atom is -0.324 e. The molecule has 1 aromatic carbocycles. The van der Waals surface area contributed by atoms with Crippen LogP contribution < -0.4 is 5.32 Å². The van der Waals surface area contributed by atoms with Gasteiger partial charge in [0.1, 0.15) is 0 Å². The number of aryl methyl sites for hydroxylation is 2. The Labute approximate surface area is 150 Å². The van der Waals surface area contributed by atoms with Crippen molar-refractivity contribution < 1.29 is 4.79 Å². The second-order valence-electron chi connectivity index (χ2n) is 5.06. The molecule has 0 aliphatic rings. The molecule has 1 atom stereocenters. The lowest BCUT2D eigenvalue weighted by atomic mass is 10.2. The molecule has 122 valence electrons. The number of nitrogens with one attached hydrogen (secondary N) is 1. The van der Waals surface area contributed by atoms with Gasteiger partial charge in [0, 0.05) is 16.4 Å². The monoisotopic (exact) mass is 369 g/mol. The van der Waals surface area contributed by atoms with Crippen LogP contribution in [0.5, 0.6) is 0 Å². The van der Waals surface area contributed by atoms with Crippen LogP contribution in [0.2, 0.25) is 10.0 Å². The predicted molar refractivity (Wildman–Crippen MR) is 96.5 cm³/mol. The van der Waals surface area contributed by atoms with E-state index >= 15 is 0 Å². The number of aromatic nitrogens is 2. The van der Waals surface area contributed by atoms with Gasteiger partial charge in [-0.2, -0.15) is 0 Å². The topological polar surface area (TPSA) is 54.9 Å². The highest BCUT2D eigenvalue weighted by Crippen LogP contribution is 2.28. The van der Waals surface area contributed by atoms with Gasteiger partial charge in [-0.3, -0.25) is 4.79 Å². The number of carbonyl (C=O) groups excluding carboxylic acids is 1. The van der Waals surface area contributed by atoms with Crippen molar-refractivity contribution >= 4 is 46.6 Å². The summed E-state index contributed by atoms with van der Waals surface area (Å²) in [5, 5.41) is 4.07. The number of hydrogen-bond acceptors (Lipinski definition) is 4. The van der Waals surface area contributed by atoms with E-state index in [1.807, 2.05) is 26.8 Å². The molecule has 23 heavy (non-hydrogen) atoms. The lowest BCUT2D eigenvalue weighted by Gasteiger charge is -2.15. The summed E-state index contributed by atoms with van der Waals surface area (Å²) in [4.78, 5) is 21.2. The summed E-state index contributed by atoms with van der Waals surface area (Å²) in [5.74, 6) is -0.135. The van der Waals surface area contributed by atoms with Gasteiger partial charge in [-0.15, -0.1) is 0 Å². The molecule has 0 radical (unpaired) electrons. The number of halogens is 2. The van der Waals surface area contributed by atoms with Crippen LogP contribution in [-0.4, -0.2) is 21.1 Å². The molecule has 2 aromatic rings. The highest BCUT2D eigenvalue weighted by Gasteiger charge is 2.20. The molecule has 1 unspecified atom stereocenters. The second-order valence-corrected chi connectivity index (χ2v) is 7.07. The number of benzene rings is 1. The van der Waals surface area contributed by atoms with Crippen LogP contribution in [-0.2, 0) is 4.79 Å². The molecule has 0 aliphatic heterocycles. The minimum atomic E-state index is -0.303. The standard InChI is InChI=1S/C16H17Cl2N3OS/c1-4-14(23-16-19-9(2)7-10(3)20-16)15(22)21-13-6-5-11(17)8-12(13)18/h5-8,14H,4H2,1-3H3,(H,21,22). The molecular formula is C16H17Cl2N3OS. The fourth-order valence-corrected chi connectivity index (χ4v) is 3.44. The number of anilines is 1. The molecule has 0 bridgehead atoms. The largest absolute Gasteiger partial charge is 0.324 e. The molecule has 1 N–H and O–H groups in total. The number of nitrogens with zero attached hydrogens (tertiary/aromatic N) is 2. The summed E-state index contributed by atoms with van der Waals surface area (Å²) in [5.41, 5.74) is 2.31. The maximum Gasteiger partial charge on any atom is 0.238 e. The third-order valence-electron chi connectivity index (χ3n) is 3.06. The van der Waals surface area contributed by atoms with Gasteiger partial charge in [0.25, 0.3) is 0 Å². The smallest absolute Gasteiger partial charge is 0.238 e. The number of carbonyl (C=O) groups is 1. The Morgan fingerprint density at radius 3 is 2.43 bits per heavy atom. The van der Waals surface area contributed by atoms with E-state index in [1.54, 1.807) is 18.2 Å². The van der Waals surface area contributed by atoms with Gasteiger partial charge in [-0.1, -0.05) is 41.9 Å². The average molecular weight is 370 g/mol. The van der Waals surface area contributed by atoms with E-state index < -0.39 is 0 Å². The van der Waals surface area contributed by atoms with Crippen molar-refractivity contribution in [3.05, 3.63) is 45.7 Å². The van der Waals surface area contributed by atoms with E-state index in [-0.39, 0.29) is 11.2 Å². The molecular weight excluding hydrogens is 353 g/mol. The zero-order valence-corrected chi connectivity index (χ0v) is 15.4. The molecule has 0 spiro atoms. The fraction of sp³-hybridized carbons (Fsp3) is 0.312. The third kappa shape index (κ3) is 5.09. The van der Waals surface area contributed by atoms with Crippen LogP contribution in [0.25, 0.3) is 0 Å². The Hall–Kier alpha value is -1.30. The summed E-state index contributed by atoms with van der Waals surface area (Å²) in [6, 6.07) is 6.87. The molecule has 0 saturated heterocycles. The fourth-order valence-electron chi connectivity index (χ4n) is 2.00. The SMILES string of the molecule is CCC(Sc1nc(C)cc(C)n1)C(=O)Nc1ccc(Cl)cc1Cl. The second kappa shape index (κ2) is 7.99. The van der Waals surface area contributed by atoms with Gasteiger partial charge in [-0.25, -0.2) is 9.97 Å². The highest BCUT2D eigenvalue weighted by molar-refractivity contribution is 8.00. The third-order valence-corrected chi connectivity index (χ3v) is 4.83. The molecule has 1 heterocycles. The van der Waals surface area contributed by atoms with Crippen LogP contribution in [0.15, 0.2) is 29.4 Å². The molecule has 4 nitrogen and oxygen atoms in total. The quantitative estimate of drug-likeness (QED) is 0.600. The van der Waals surface area contributed by atoms with Gasteiger partial charge in [0.2, 0.25) is 5.91 Å². The van der Waals surface area contributed by atoms with Crippen molar-refractivity contribution in [1.82, 2.24) is 9.97 Å². The summed E-state index contributed by atoms with van der Waals surface area (Å²) < 4.78 is 0. The van der Waals surface area contributed by atoms with E-state index in [0.717, 1.165) is 11.4 Å². The number of hydrogen-bond donors (Lipinski definition) is 1. The summed E-state index contributed by atoms with van der Waals surface area (Å²) >= 11 is 13.3. The molecule has 0 fully saturated rings. The van der Waals surface area contributed by atoms with Crippen molar-refractivity contribution in [2.45, 2.75) is 37.6 Å². The van der Waals surface area contributed by atoms with E-state index in [1.165, 1.54) is 11.8 Å². The van der Waals surface area contributed by atoms with Gasteiger partial charge in [-0.05, 0) is 44.5 Å². The summed E-state index contributed by atoms with van der Waals surface area (Å²) in [6.45, 7) is 5.77. The first kappa shape index (κ1) is 18.0. The molecule has 1 amide bonds.